The Bertz CT molecular complexity index is 847. The summed E-state index contributed by atoms with van der Waals surface area (Å²) in [7, 11) is 0. The maximum Gasteiger partial charge on any atom is 0.258 e. The van der Waals surface area contributed by atoms with Gasteiger partial charge in [0, 0.05) is 5.56 Å². The van der Waals surface area contributed by atoms with Gasteiger partial charge in [-0.05, 0) is 61.2 Å². The molecule has 134 valence electrons. The van der Waals surface area contributed by atoms with E-state index in [-0.39, 0.29) is 0 Å². The quantitative estimate of drug-likeness (QED) is 0.735. The Morgan fingerprint density at radius 3 is 2.81 bits per heavy atom. The summed E-state index contributed by atoms with van der Waals surface area (Å²) in [6, 6.07) is 18.0. The topological polar surface area (TPSA) is 60.2 Å². The maximum absolute atomic E-state index is 5.87. The summed E-state index contributed by atoms with van der Waals surface area (Å²) in [4.78, 5) is 4.40. The molecule has 4 rings (SSSR count). The largest absolute Gasteiger partial charge is 0.485 e. The molecule has 1 N–H and O–H groups in total. The van der Waals surface area contributed by atoms with Crippen LogP contribution in [0.25, 0.3) is 11.5 Å². The minimum absolute atomic E-state index is 0.293. The van der Waals surface area contributed by atoms with Gasteiger partial charge in [0.25, 0.3) is 5.89 Å². The fourth-order valence-electron chi connectivity index (χ4n) is 3.36. The first-order valence-corrected chi connectivity index (χ1v) is 9.08. The van der Waals surface area contributed by atoms with Crippen LogP contribution in [-0.4, -0.2) is 23.2 Å². The number of benzene rings is 2. The van der Waals surface area contributed by atoms with Crippen molar-refractivity contribution in [3.05, 3.63) is 66.0 Å². The molecule has 2 heterocycles. The molecule has 0 aliphatic carbocycles. The molecule has 0 radical (unpaired) electrons. The molecule has 26 heavy (non-hydrogen) atoms. The molecule has 0 amide bonds. The highest BCUT2D eigenvalue weighted by Crippen LogP contribution is 2.23. The van der Waals surface area contributed by atoms with Gasteiger partial charge in [0.1, 0.15) is 5.75 Å². The van der Waals surface area contributed by atoms with Crippen molar-refractivity contribution in [1.82, 2.24) is 15.5 Å². The van der Waals surface area contributed by atoms with Crippen LogP contribution in [-0.2, 0) is 13.0 Å². The molecule has 1 aliphatic heterocycles. The fourth-order valence-corrected chi connectivity index (χ4v) is 3.36. The molecule has 5 nitrogen and oxygen atoms in total. The Kier molecular flexibility index (Phi) is 4.97. The third kappa shape index (κ3) is 3.94. The highest BCUT2D eigenvalue weighted by atomic mass is 16.5. The molecular weight excluding hydrogens is 326 g/mol. The lowest BCUT2D eigenvalue weighted by atomic mass is 9.91. The van der Waals surface area contributed by atoms with E-state index in [4.69, 9.17) is 9.26 Å². The summed E-state index contributed by atoms with van der Waals surface area (Å²) in [5.41, 5.74) is 2.22. The highest BCUT2D eigenvalue weighted by Gasteiger charge is 2.23. The average molecular weight is 349 g/mol. The summed E-state index contributed by atoms with van der Waals surface area (Å²) in [5.74, 6) is 3.31. The van der Waals surface area contributed by atoms with Crippen molar-refractivity contribution in [2.24, 2.45) is 11.8 Å². The Hall–Kier alpha value is -2.66. The number of aromatic nitrogens is 2. The van der Waals surface area contributed by atoms with Crippen LogP contribution in [0.15, 0.2) is 59.1 Å². The van der Waals surface area contributed by atoms with Crippen molar-refractivity contribution >= 4 is 0 Å². The van der Waals surface area contributed by atoms with Crippen LogP contribution in [0.2, 0.25) is 0 Å². The molecule has 0 bridgehead atoms. The minimum atomic E-state index is 0.293. The highest BCUT2D eigenvalue weighted by molar-refractivity contribution is 5.51. The van der Waals surface area contributed by atoms with Gasteiger partial charge in [0.2, 0.25) is 5.82 Å². The van der Waals surface area contributed by atoms with E-state index < -0.39 is 0 Å². The zero-order valence-electron chi connectivity index (χ0n) is 14.9. The molecule has 3 aromatic rings. The summed E-state index contributed by atoms with van der Waals surface area (Å²) in [6.45, 7) is 4.81. The number of hydrogen-bond donors (Lipinski definition) is 1. The Morgan fingerprint density at radius 1 is 1.12 bits per heavy atom. The molecule has 0 saturated carbocycles. The van der Waals surface area contributed by atoms with E-state index in [0.717, 1.165) is 36.7 Å². The lowest BCUT2D eigenvalue weighted by Gasteiger charge is -2.14. The average Bonchev–Trinajstić information content (AvgIpc) is 3.31. The number of nitrogens with zero attached hydrogens (tertiary/aromatic N) is 2. The van der Waals surface area contributed by atoms with E-state index in [2.05, 4.69) is 34.5 Å². The first-order valence-electron chi connectivity index (χ1n) is 9.08. The van der Waals surface area contributed by atoms with E-state index in [0.29, 0.717) is 24.2 Å². The molecule has 0 spiro atoms. The van der Waals surface area contributed by atoms with Gasteiger partial charge in [-0.15, -0.1) is 0 Å². The molecule has 1 fully saturated rings. The van der Waals surface area contributed by atoms with Crippen LogP contribution in [0, 0.1) is 11.8 Å². The zero-order valence-corrected chi connectivity index (χ0v) is 14.9. The lowest BCUT2D eigenvalue weighted by Crippen LogP contribution is -2.12. The third-order valence-corrected chi connectivity index (χ3v) is 4.93. The standard InChI is InChI=1S/C21H23N3O2/c1-15-12-22-13-18(15)10-16-6-5-9-19(11-16)25-14-20-23-21(26-24-20)17-7-3-2-4-8-17/h2-9,11,15,18,22H,10,12-14H2,1H3/t15-,18+/m0/s1. The molecule has 1 aromatic heterocycles. The van der Waals surface area contributed by atoms with Crippen LogP contribution in [0.3, 0.4) is 0 Å². The van der Waals surface area contributed by atoms with Crippen molar-refractivity contribution < 1.29 is 9.26 Å². The van der Waals surface area contributed by atoms with Gasteiger partial charge < -0.3 is 14.6 Å². The minimum Gasteiger partial charge on any atom is -0.485 e. The van der Waals surface area contributed by atoms with Gasteiger partial charge >= 0.3 is 0 Å². The summed E-state index contributed by atoms with van der Waals surface area (Å²) >= 11 is 0. The van der Waals surface area contributed by atoms with Crippen LogP contribution in [0.5, 0.6) is 5.75 Å². The number of nitrogens with one attached hydrogen (secondary N) is 1. The SMILES string of the molecule is C[C@H]1CNC[C@H]1Cc1cccc(OCc2noc(-c3ccccc3)n2)c1. The molecule has 2 aromatic carbocycles. The van der Waals surface area contributed by atoms with Crippen molar-refractivity contribution in [3.63, 3.8) is 0 Å². The molecule has 5 heteroatoms. The Balaban J connectivity index is 1.37. The van der Waals surface area contributed by atoms with Gasteiger partial charge in [-0.3, -0.25) is 0 Å². The lowest BCUT2D eigenvalue weighted by molar-refractivity contribution is 0.286. The third-order valence-electron chi connectivity index (χ3n) is 4.93. The van der Waals surface area contributed by atoms with E-state index in [1.807, 2.05) is 42.5 Å². The second kappa shape index (κ2) is 7.70. The van der Waals surface area contributed by atoms with Crippen molar-refractivity contribution in [3.8, 4) is 17.2 Å². The maximum atomic E-state index is 5.87. The molecule has 0 unspecified atom stereocenters. The molecule has 2 atom stereocenters. The Labute approximate surface area is 153 Å². The van der Waals surface area contributed by atoms with Crippen molar-refractivity contribution in [2.45, 2.75) is 20.0 Å². The predicted molar refractivity (Wildman–Crippen MR) is 99.7 cm³/mol. The summed E-state index contributed by atoms with van der Waals surface area (Å²) < 4.78 is 11.2. The van der Waals surface area contributed by atoms with Gasteiger partial charge in [0.05, 0.1) is 0 Å². The fraction of sp³-hybridized carbons (Fsp3) is 0.333. The van der Waals surface area contributed by atoms with Gasteiger partial charge in [-0.25, -0.2) is 0 Å². The van der Waals surface area contributed by atoms with E-state index in [9.17, 15) is 0 Å². The van der Waals surface area contributed by atoms with E-state index in [1.54, 1.807) is 0 Å². The van der Waals surface area contributed by atoms with Gasteiger partial charge in [-0.2, -0.15) is 4.98 Å². The predicted octanol–water partition coefficient (Wildman–Crippen LogP) is 3.71. The van der Waals surface area contributed by atoms with E-state index >= 15 is 0 Å². The van der Waals surface area contributed by atoms with Crippen LogP contribution >= 0.6 is 0 Å². The van der Waals surface area contributed by atoms with Crippen LogP contribution in [0.1, 0.15) is 18.3 Å². The Morgan fingerprint density at radius 2 is 2.00 bits per heavy atom. The monoisotopic (exact) mass is 349 g/mol. The van der Waals surface area contributed by atoms with Crippen LogP contribution < -0.4 is 10.1 Å². The van der Waals surface area contributed by atoms with Crippen molar-refractivity contribution in [2.75, 3.05) is 13.1 Å². The second-order valence-electron chi connectivity index (χ2n) is 6.92. The van der Waals surface area contributed by atoms with Crippen LogP contribution in [0.4, 0.5) is 0 Å². The normalized spacial score (nSPS) is 19.6. The first-order chi connectivity index (χ1) is 12.8. The van der Waals surface area contributed by atoms with Gasteiger partial charge in [-0.1, -0.05) is 42.4 Å². The number of hydrogen-bond acceptors (Lipinski definition) is 5. The molecule has 1 saturated heterocycles. The second-order valence-corrected chi connectivity index (χ2v) is 6.92. The first kappa shape index (κ1) is 16.8. The van der Waals surface area contributed by atoms with Gasteiger partial charge in [0.15, 0.2) is 6.61 Å². The van der Waals surface area contributed by atoms with Crippen molar-refractivity contribution in [1.29, 1.82) is 0 Å². The number of ether oxygens (including phenoxy) is 1. The van der Waals surface area contributed by atoms with E-state index in [1.165, 1.54) is 5.56 Å². The smallest absolute Gasteiger partial charge is 0.258 e. The number of rotatable bonds is 6. The molecule has 1 aliphatic rings. The summed E-state index contributed by atoms with van der Waals surface area (Å²) in [5, 5.41) is 7.47. The zero-order chi connectivity index (χ0) is 17.8. The molecular formula is C21H23N3O2. The summed E-state index contributed by atoms with van der Waals surface area (Å²) in [6.07, 6.45) is 1.08.